The molecule has 0 aromatic heterocycles. The molecule has 1 fully saturated rings. The van der Waals surface area contributed by atoms with Gasteiger partial charge in [0, 0.05) is 23.0 Å². The number of likely N-dealkylation sites (tertiary alicyclic amines) is 1. The molecule has 1 aliphatic heterocycles. The molecule has 1 aromatic rings. The van der Waals surface area contributed by atoms with Gasteiger partial charge in [0.1, 0.15) is 0 Å². The third-order valence-corrected chi connectivity index (χ3v) is 4.65. The number of carbonyl (C=O) groups is 2. The van der Waals surface area contributed by atoms with E-state index in [1.54, 1.807) is 16.7 Å². The maximum Gasteiger partial charge on any atom is 0.308 e. The van der Waals surface area contributed by atoms with E-state index < -0.39 is 11.9 Å². The molecule has 1 saturated heterocycles. The Kier molecular flexibility index (Phi) is 4.70. The second kappa shape index (κ2) is 6.31. The maximum atomic E-state index is 12.5. The first-order valence-corrected chi connectivity index (χ1v) is 7.95. The first-order valence-electron chi connectivity index (χ1n) is 6.72. The van der Waals surface area contributed by atoms with Crippen LogP contribution in [-0.2, 0) is 4.79 Å². The van der Waals surface area contributed by atoms with Crippen molar-refractivity contribution in [2.75, 3.05) is 12.8 Å². The van der Waals surface area contributed by atoms with Gasteiger partial charge in [-0.1, -0.05) is 0 Å². The van der Waals surface area contributed by atoms with Crippen LogP contribution in [0.5, 0.6) is 0 Å². The lowest BCUT2D eigenvalue weighted by atomic mass is 9.90. The number of carbonyl (C=O) groups excluding carboxylic acids is 1. The second-order valence-corrected chi connectivity index (χ2v) is 5.93. The molecule has 1 heterocycles. The van der Waals surface area contributed by atoms with E-state index in [1.807, 2.05) is 37.4 Å². The minimum atomic E-state index is -0.812. The standard InChI is InChI=1S/C15H19NO3S/c1-10-13(15(18)19)4-3-9-16(10)14(17)11-5-7-12(20-2)8-6-11/h5-8,10,13H,3-4,9H2,1-2H3,(H,18,19)/t10-,13-/m0/s1. The number of hydrogen-bond donors (Lipinski definition) is 1. The van der Waals surface area contributed by atoms with Crippen LogP contribution in [0.2, 0.25) is 0 Å². The van der Waals surface area contributed by atoms with Gasteiger partial charge in [-0.15, -0.1) is 11.8 Å². The molecule has 0 spiro atoms. The van der Waals surface area contributed by atoms with Gasteiger partial charge in [-0.25, -0.2) is 0 Å². The molecule has 1 amide bonds. The van der Waals surface area contributed by atoms with Crippen molar-refractivity contribution in [1.82, 2.24) is 4.90 Å². The first-order chi connectivity index (χ1) is 9.54. The zero-order valence-electron chi connectivity index (χ0n) is 11.7. The Balaban J connectivity index is 2.16. The van der Waals surface area contributed by atoms with Crippen molar-refractivity contribution in [3.63, 3.8) is 0 Å². The lowest BCUT2D eigenvalue weighted by Crippen LogP contribution is -2.49. The van der Waals surface area contributed by atoms with Crippen molar-refractivity contribution < 1.29 is 14.7 Å². The van der Waals surface area contributed by atoms with Gasteiger partial charge in [0.25, 0.3) is 5.91 Å². The van der Waals surface area contributed by atoms with Gasteiger partial charge in [-0.2, -0.15) is 0 Å². The van der Waals surface area contributed by atoms with Crippen LogP contribution in [0, 0.1) is 5.92 Å². The molecule has 0 unspecified atom stereocenters. The fraction of sp³-hybridized carbons (Fsp3) is 0.467. The minimum absolute atomic E-state index is 0.0731. The van der Waals surface area contributed by atoms with E-state index in [9.17, 15) is 14.7 Å². The summed E-state index contributed by atoms with van der Waals surface area (Å²) >= 11 is 1.63. The molecule has 1 aliphatic rings. The Morgan fingerprint density at radius 1 is 1.30 bits per heavy atom. The van der Waals surface area contributed by atoms with Crippen molar-refractivity contribution in [2.24, 2.45) is 5.92 Å². The Bertz CT molecular complexity index is 500. The summed E-state index contributed by atoms with van der Waals surface area (Å²) in [6.45, 7) is 2.46. The average Bonchev–Trinajstić information content (AvgIpc) is 2.46. The van der Waals surface area contributed by atoms with Crippen molar-refractivity contribution >= 4 is 23.6 Å². The zero-order chi connectivity index (χ0) is 14.7. The fourth-order valence-electron chi connectivity index (χ4n) is 2.66. The predicted octanol–water partition coefficient (Wildman–Crippen LogP) is 2.73. The lowest BCUT2D eigenvalue weighted by molar-refractivity contribution is -0.144. The highest BCUT2D eigenvalue weighted by atomic mass is 32.2. The van der Waals surface area contributed by atoms with Gasteiger partial charge in [0.2, 0.25) is 0 Å². The van der Waals surface area contributed by atoms with Gasteiger partial charge in [-0.05, 0) is 50.3 Å². The Labute approximate surface area is 123 Å². The van der Waals surface area contributed by atoms with Gasteiger partial charge >= 0.3 is 5.97 Å². The van der Waals surface area contributed by atoms with Gasteiger partial charge in [-0.3, -0.25) is 9.59 Å². The van der Waals surface area contributed by atoms with E-state index in [4.69, 9.17) is 0 Å². The Morgan fingerprint density at radius 2 is 1.95 bits per heavy atom. The van der Waals surface area contributed by atoms with Crippen molar-refractivity contribution in [3.05, 3.63) is 29.8 Å². The number of benzene rings is 1. The first kappa shape index (κ1) is 14.9. The summed E-state index contributed by atoms with van der Waals surface area (Å²) in [6.07, 6.45) is 3.38. The Morgan fingerprint density at radius 3 is 2.50 bits per heavy atom. The number of carboxylic acid groups (broad SMARTS) is 1. The SMILES string of the molecule is CSc1ccc(C(=O)N2CCC[C@H](C(=O)O)[C@@H]2C)cc1. The molecule has 5 heteroatoms. The summed E-state index contributed by atoms with van der Waals surface area (Å²) in [7, 11) is 0. The van der Waals surface area contributed by atoms with Crippen LogP contribution >= 0.6 is 11.8 Å². The summed E-state index contributed by atoms with van der Waals surface area (Å²) in [6, 6.07) is 7.20. The number of piperidine rings is 1. The summed E-state index contributed by atoms with van der Waals surface area (Å²) in [4.78, 5) is 26.5. The number of rotatable bonds is 3. The van der Waals surface area contributed by atoms with Crippen LogP contribution in [0.15, 0.2) is 29.2 Å². The van der Waals surface area contributed by atoms with Crippen molar-refractivity contribution in [1.29, 1.82) is 0 Å². The van der Waals surface area contributed by atoms with Crippen LogP contribution in [0.1, 0.15) is 30.1 Å². The highest BCUT2D eigenvalue weighted by Crippen LogP contribution is 2.26. The van der Waals surface area contributed by atoms with E-state index in [1.165, 1.54) is 0 Å². The lowest BCUT2D eigenvalue weighted by Gasteiger charge is -2.37. The van der Waals surface area contributed by atoms with E-state index in [2.05, 4.69) is 0 Å². The molecule has 20 heavy (non-hydrogen) atoms. The number of hydrogen-bond acceptors (Lipinski definition) is 3. The third kappa shape index (κ3) is 2.98. The highest BCUT2D eigenvalue weighted by Gasteiger charge is 2.35. The highest BCUT2D eigenvalue weighted by molar-refractivity contribution is 7.98. The molecule has 1 N–H and O–H groups in total. The largest absolute Gasteiger partial charge is 0.481 e. The Hall–Kier alpha value is -1.49. The van der Waals surface area contributed by atoms with Crippen molar-refractivity contribution in [3.8, 4) is 0 Å². The number of carboxylic acids is 1. The number of aliphatic carboxylic acids is 1. The summed E-state index contributed by atoms with van der Waals surface area (Å²) in [5.74, 6) is -1.35. The number of thioether (sulfide) groups is 1. The van der Waals surface area contributed by atoms with Crippen LogP contribution in [0.4, 0.5) is 0 Å². The monoisotopic (exact) mass is 293 g/mol. The van der Waals surface area contributed by atoms with Gasteiger partial charge in [0.05, 0.1) is 5.92 Å². The molecule has 0 bridgehead atoms. The van der Waals surface area contributed by atoms with Crippen LogP contribution in [-0.4, -0.2) is 40.7 Å². The normalized spacial score (nSPS) is 22.6. The van der Waals surface area contributed by atoms with E-state index in [-0.39, 0.29) is 11.9 Å². The average molecular weight is 293 g/mol. The maximum absolute atomic E-state index is 12.5. The van der Waals surface area contributed by atoms with E-state index >= 15 is 0 Å². The molecule has 108 valence electrons. The fourth-order valence-corrected chi connectivity index (χ4v) is 3.07. The molecular formula is C15H19NO3S. The topological polar surface area (TPSA) is 57.6 Å². The second-order valence-electron chi connectivity index (χ2n) is 5.05. The molecule has 0 saturated carbocycles. The van der Waals surface area contributed by atoms with Gasteiger partial charge < -0.3 is 10.0 Å². The third-order valence-electron chi connectivity index (χ3n) is 3.90. The summed E-state index contributed by atoms with van der Waals surface area (Å²) in [5, 5.41) is 9.21. The summed E-state index contributed by atoms with van der Waals surface area (Å²) < 4.78 is 0. The summed E-state index contributed by atoms with van der Waals surface area (Å²) in [5.41, 5.74) is 0.626. The molecule has 0 aliphatic carbocycles. The van der Waals surface area contributed by atoms with Crippen LogP contribution < -0.4 is 0 Å². The molecular weight excluding hydrogens is 274 g/mol. The molecule has 1 aromatic carbocycles. The number of nitrogens with zero attached hydrogens (tertiary/aromatic N) is 1. The van der Waals surface area contributed by atoms with Crippen molar-refractivity contribution in [2.45, 2.75) is 30.7 Å². The van der Waals surface area contributed by atoms with E-state index in [0.29, 0.717) is 18.5 Å². The molecule has 2 rings (SSSR count). The molecule has 4 nitrogen and oxygen atoms in total. The molecule has 2 atom stereocenters. The van der Waals surface area contributed by atoms with Crippen LogP contribution in [0.3, 0.4) is 0 Å². The van der Waals surface area contributed by atoms with Crippen LogP contribution in [0.25, 0.3) is 0 Å². The van der Waals surface area contributed by atoms with E-state index in [0.717, 1.165) is 11.3 Å². The number of amides is 1. The zero-order valence-corrected chi connectivity index (χ0v) is 12.5. The minimum Gasteiger partial charge on any atom is -0.481 e. The molecule has 0 radical (unpaired) electrons. The smallest absolute Gasteiger partial charge is 0.308 e. The van der Waals surface area contributed by atoms with Gasteiger partial charge in [0.15, 0.2) is 0 Å². The quantitative estimate of drug-likeness (QED) is 0.871. The predicted molar refractivity (Wildman–Crippen MR) is 79.1 cm³/mol.